The molecular weight excluding hydrogens is 198 g/mol. The minimum atomic E-state index is -1.05. The molecule has 0 aliphatic heterocycles. The second kappa shape index (κ2) is 5.78. The van der Waals surface area contributed by atoms with Crippen LogP contribution in [0, 0.1) is 0 Å². The normalized spacial score (nSPS) is 12.6. The number of para-hydroxylation sites is 1. The van der Waals surface area contributed by atoms with E-state index in [0.29, 0.717) is 29.5 Å². The molecule has 0 spiro atoms. The van der Waals surface area contributed by atoms with E-state index in [2.05, 4.69) is 0 Å². The highest BCUT2D eigenvalue weighted by Crippen LogP contribution is 2.15. The fourth-order valence-electron chi connectivity index (χ4n) is 1.08. The van der Waals surface area contributed by atoms with Crippen molar-refractivity contribution in [3.05, 3.63) is 24.3 Å². The van der Waals surface area contributed by atoms with E-state index < -0.39 is 10.8 Å². The van der Waals surface area contributed by atoms with Crippen LogP contribution in [0.3, 0.4) is 0 Å². The van der Waals surface area contributed by atoms with Gasteiger partial charge in [-0.1, -0.05) is 12.1 Å². The summed E-state index contributed by atoms with van der Waals surface area (Å²) in [6.07, 6.45) is 0. The van der Waals surface area contributed by atoms with Crippen molar-refractivity contribution in [3.63, 3.8) is 0 Å². The highest BCUT2D eigenvalue weighted by atomic mass is 32.2. The number of hydrogen-bond acceptors (Lipinski definition) is 3. The van der Waals surface area contributed by atoms with Gasteiger partial charge in [0, 0.05) is 12.3 Å². The number of anilines is 1. The van der Waals surface area contributed by atoms with Gasteiger partial charge in [-0.2, -0.15) is 0 Å². The Hall–Kier alpha value is -0.870. The van der Waals surface area contributed by atoms with Crippen molar-refractivity contribution in [3.8, 4) is 0 Å². The van der Waals surface area contributed by atoms with Gasteiger partial charge in [0.15, 0.2) is 0 Å². The van der Waals surface area contributed by atoms with Gasteiger partial charge in [-0.05, 0) is 19.1 Å². The van der Waals surface area contributed by atoms with Crippen molar-refractivity contribution in [2.45, 2.75) is 11.8 Å². The van der Waals surface area contributed by atoms with Crippen molar-refractivity contribution in [1.29, 1.82) is 0 Å². The number of rotatable bonds is 5. The summed E-state index contributed by atoms with van der Waals surface area (Å²) in [5, 5.41) is 0. The van der Waals surface area contributed by atoms with Crippen LogP contribution in [-0.4, -0.2) is 23.2 Å². The Morgan fingerprint density at radius 3 is 2.79 bits per heavy atom. The predicted octanol–water partition coefficient (Wildman–Crippen LogP) is 1.41. The summed E-state index contributed by atoms with van der Waals surface area (Å²) in [7, 11) is -1.05. The molecule has 1 aromatic rings. The summed E-state index contributed by atoms with van der Waals surface area (Å²) in [6, 6.07) is 7.22. The third-order valence-corrected chi connectivity index (χ3v) is 3.18. The Bertz CT molecular complexity index is 315. The third kappa shape index (κ3) is 3.12. The molecule has 2 N–H and O–H groups in total. The molecule has 4 heteroatoms. The van der Waals surface area contributed by atoms with Gasteiger partial charge in [-0.15, -0.1) is 0 Å². The van der Waals surface area contributed by atoms with Gasteiger partial charge >= 0.3 is 0 Å². The van der Waals surface area contributed by atoms with Crippen LogP contribution in [0.15, 0.2) is 29.2 Å². The van der Waals surface area contributed by atoms with Crippen molar-refractivity contribution in [1.82, 2.24) is 0 Å². The lowest BCUT2D eigenvalue weighted by atomic mass is 10.3. The molecule has 0 aromatic heterocycles. The zero-order valence-corrected chi connectivity index (χ0v) is 9.05. The first-order chi connectivity index (χ1) is 6.75. The zero-order valence-electron chi connectivity index (χ0n) is 8.23. The summed E-state index contributed by atoms with van der Waals surface area (Å²) < 4.78 is 16.8. The van der Waals surface area contributed by atoms with E-state index in [1.807, 2.05) is 19.1 Å². The Labute approximate surface area is 86.7 Å². The van der Waals surface area contributed by atoms with Gasteiger partial charge in [-0.3, -0.25) is 4.21 Å². The van der Waals surface area contributed by atoms with Crippen LogP contribution in [0.25, 0.3) is 0 Å². The highest BCUT2D eigenvalue weighted by Gasteiger charge is 2.06. The van der Waals surface area contributed by atoms with E-state index in [1.54, 1.807) is 12.1 Å². The van der Waals surface area contributed by atoms with Crippen LogP contribution in [-0.2, 0) is 15.5 Å². The van der Waals surface area contributed by atoms with Crippen LogP contribution < -0.4 is 5.73 Å². The van der Waals surface area contributed by atoms with E-state index in [4.69, 9.17) is 10.5 Å². The monoisotopic (exact) mass is 213 g/mol. The van der Waals surface area contributed by atoms with Crippen LogP contribution in [0.5, 0.6) is 0 Å². The zero-order chi connectivity index (χ0) is 10.4. The summed E-state index contributed by atoms with van der Waals surface area (Å²) in [5.74, 6) is 0.502. The molecule has 0 saturated carbocycles. The van der Waals surface area contributed by atoms with Crippen LogP contribution in [0.4, 0.5) is 5.69 Å². The fraction of sp³-hybridized carbons (Fsp3) is 0.400. The molecule has 0 amide bonds. The summed E-state index contributed by atoms with van der Waals surface area (Å²) in [6.45, 7) is 3.08. The first-order valence-corrected chi connectivity index (χ1v) is 5.88. The molecule has 0 saturated heterocycles. The molecule has 0 heterocycles. The third-order valence-electron chi connectivity index (χ3n) is 1.78. The van der Waals surface area contributed by atoms with Crippen molar-refractivity contribution >= 4 is 16.5 Å². The molecular formula is C10H15NO2S. The van der Waals surface area contributed by atoms with Crippen molar-refractivity contribution in [2.75, 3.05) is 24.7 Å². The van der Waals surface area contributed by atoms with E-state index in [1.165, 1.54) is 0 Å². The number of ether oxygens (including phenoxy) is 1. The standard InChI is InChI=1S/C10H15NO2S/c1-2-13-7-8-14(12)10-6-4-3-5-9(10)11/h3-6H,2,7-8,11H2,1H3. The Morgan fingerprint density at radius 2 is 2.14 bits per heavy atom. The first kappa shape index (κ1) is 11.2. The molecule has 0 fully saturated rings. The Balaban J connectivity index is 2.56. The minimum Gasteiger partial charge on any atom is -0.398 e. The lowest BCUT2D eigenvalue weighted by molar-refractivity contribution is 0.164. The molecule has 1 aromatic carbocycles. The predicted molar refractivity (Wildman–Crippen MR) is 58.6 cm³/mol. The van der Waals surface area contributed by atoms with E-state index in [0.717, 1.165) is 0 Å². The molecule has 1 rings (SSSR count). The average Bonchev–Trinajstić information content (AvgIpc) is 2.18. The van der Waals surface area contributed by atoms with Gasteiger partial charge in [-0.25, -0.2) is 0 Å². The number of hydrogen-bond donors (Lipinski definition) is 1. The van der Waals surface area contributed by atoms with Crippen molar-refractivity contribution in [2.24, 2.45) is 0 Å². The first-order valence-electron chi connectivity index (χ1n) is 4.56. The molecule has 0 aliphatic rings. The van der Waals surface area contributed by atoms with Crippen LogP contribution in [0.1, 0.15) is 6.92 Å². The molecule has 1 atom stereocenters. The van der Waals surface area contributed by atoms with Gasteiger partial charge in [0.1, 0.15) is 0 Å². The van der Waals surface area contributed by atoms with Crippen LogP contribution >= 0.6 is 0 Å². The average molecular weight is 213 g/mol. The topological polar surface area (TPSA) is 52.3 Å². The SMILES string of the molecule is CCOCCS(=O)c1ccccc1N. The second-order valence-electron chi connectivity index (χ2n) is 2.78. The lowest BCUT2D eigenvalue weighted by Gasteiger charge is -2.05. The highest BCUT2D eigenvalue weighted by molar-refractivity contribution is 7.85. The minimum absolute atomic E-state index is 0.502. The van der Waals surface area contributed by atoms with Gasteiger partial charge in [0.05, 0.1) is 28.1 Å². The molecule has 0 bridgehead atoms. The van der Waals surface area contributed by atoms with E-state index >= 15 is 0 Å². The maximum absolute atomic E-state index is 11.7. The maximum Gasteiger partial charge on any atom is 0.0618 e. The Kier molecular flexibility index (Phi) is 4.62. The number of benzene rings is 1. The quantitative estimate of drug-likeness (QED) is 0.594. The lowest BCUT2D eigenvalue weighted by Crippen LogP contribution is -2.07. The largest absolute Gasteiger partial charge is 0.398 e. The maximum atomic E-state index is 11.7. The van der Waals surface area contributed by atoms with Gasteiger partial charge < -0.3 is 10.5 Å². The molecule has 14 heavy (non-hydrogen) atoms. The van der Waals surface area contributed by atoms with Gasteiger partial charge in [0.25, 0.3) is 0 Å². The fourth-order valence-corrected chi connectivity index (χ4v) is 2.13. The Morgan fingerprint density at radius 1 is 1.43 bits per heavy atom. The van der Waals surface area contributed by atoms with E-state index in [-0.39, 0.29) is 0 Å². The van der Waals surface area contributed by atoms with Crippen LogP contribution in [0.2, 0.25) is 0 Å². The summed E-state index contributed by atoms with van der Waals surface area (Å²) in [5.41, 5.74) is 6.28. The molecule has 1 unspecified atom stereocenters. The number of nitrogens with two attached hydrogens (primary N) is 1. The second-order valence-corrected chi connectivity index (χ2v) is 4.32. The number of nitrogen functional groups attached to an aromatic ring is 1. The molecule has 0 radical (unpaired) electrons. The van der Waals surface area contributed by atoms with Gasteiger partial charge in [0.2, 0.25) is 0 Å². The molecule has 78 valence electrons. The van der Waals surface area contributed by atoms with E-state index in [9.17, 15) is 4.21 Å². The molecule has 3 nitrogen and oxygen atoms in total. The summed E-state index contributed by atoms with van der Waals surface area (Å²) >= 11 is 0. The molecule has 0 aliphatic carbocycles. The smallest absolute Gasteiger partial charge is 0.0618 e. The summed E-state index contributed by atoms with van der Waals surface area (Å²) in [4.78, 5) is 0.701. The van der Waals surface area contributed by atoms with Crippen molar-refractivity contribution < 1.29 is 8.95 Å².